The van der Waals surface area contributed by atoms with Gasteiger partial charge in [-0.05, 0) is 25.7 Å². The minimum atomic E-state index is -2.66. The Kier molecular flexibility index (Phi) is 3.66. The smallest absolute Gasteiger partial charge is 0.248 e. The standard InChI is InChI=1S/C12H19F2NO2/c13-12(14)5-3-9(8-12)11(17)15-6-1-2-10(15)4-7-16/h9-10,16H,1-8H2. The van der Waals surface area contributed by atoms with Crippen LogP contribution in [0.5, 0.6) is 0 Å². The molecule has 0 spiro atoms. The summed E-state index contributed by atoms with van der Waals surface area (Å²) in [5.74, 6) is -3.30. The van der Waals surface area contributed by atoms with Crippen LogP contribution in [0.25, 0.3) is 0 Å². The first-order valence-electron chi connectivity index (χ1n) is 6.33. The van der Waals surface area contributed by atoms with Crippen LogP contribution in [0.4, 0.5) is 8.78 Å². The lowest BCUT2D eigenvalue weighted by Crippen LogP contribution is -2.39. The fourth-order valence-corrected chi connectivity index (χ4v) is 2.97. The maximum absolute atomic E-state index is 13.1. The average Bonchev–Trinajstić information content (AvgIpc) is 2.84. The molecule has 17 heavy (non-hydrogen) atoms. The predicted molar refractivity (Wildman–Crippen MR) is 58.7 cm³/mol. The number of hydrogen-bond donors (Lipinski definition) is 1. The van der Waals surface area contributed by atoms with E-state index in [9.17, 15) is 13.6 Å². The zero-order chi connectivity index (χ0) is 12.5. The first-order valence-corrected chi connectivity index (χ1v) is 6.33. The SMILES string of the molecule is O=C(C1CCC(F)(F)C1)N1CCCC1CCO. The third kappa shape index (κ3) is 2.76. The zero-order valence-corrected chi connectivity index (χ0v) is 9.87. The molecule has 1 heterocycles. The van der Waals surface area contributed by atoms with Crippen LogP contribution in [0.3, 0.4) is 0 Å². The summed E-state index contributed by atoms with van der Waals surface area (Å²) in [5, 5.41) is 8.92. The van der Waals surface area contributed by atoms with Crippen molar-refractivity contribution < 1.29 is 18.7 Å². The number of alkyl halides is 2. The summed E-state index contributed by atoms with van der Waals surface area (Å²) >= 11 is 0. The van der Waals surface area contributed by atoms with E-state index < -0.39 is 11.8 Å². The van der Waals surface area contributed by atoms with Crippen molar-refractivity contribution in [2.45, 2.75) is 50.5 Å². The number of carbonyl (C=O) groups is 1. The van der Waals surface area contributed by atoms with Crippen molar-refractivity contribution in [3.05, 3.63) is 0 Å². The van der Waals surface area contributed by atoms with E-state index in [1.54, 1.807) is 4.90 Å². The molecule has 1 saturated heterocycles. The molecule has 0 aromatic carbocycles. The van der Waals surface area contributed by atoms with Crippen LogP contribution >= 0.6 is 0 Å². The molecule has 1 saturated carbocycles. The number of amides is 1. The number of nitrogens with zero attached hydrogens (tertiary/aromatic N) is 1. The Bertz CT molecular complexity index is 296. The summed E-state index contributed by atoms with van der Waals surface area (Å²) in [7, 11) is 0. The molecule has 1 aliphatic carbocycles. The van der Waals surface area contributed by atoms with Crippen LogP contribution in [-0.4, -0.2) is 41.0 Å². The number of likely N-dealkylation sites (tertiary alicyclic amines) is 1. The molecule has 3 nitrogen and oxygen atoms in total. The van der Waals surface area contributed by atoms with Gasteiger partial charge >= 0.3 is 0 Å². The lowest BCUT2D eigenvalue weighted by atomic mass is 10.0. The van der Waals surface area contributed by atoms with Crippen LogP contribution in [-0.2, 0) is 4.79 Å². The topological polar surface area (TPSA) is 40.5 Å². The molecule has 0 aromatic rings. The van der Waals surface area contributed by atoms with Crippen LogP contribution in [0.1, 0.15) is 38.5 Å². The molecule has 2 atom stereocenters. The Balaban J connectivity index is 1.95. The van der Waals surface area contributed by atoms with E-state index in [1.807, 2.05) is 0 Å². The van der Waals surface area contributed by atoms with Crippen LogP contribution in [0, 0.1) is 5.92 Å². The Morgan fingerprint density at radius 2 is 2.18 bits per heavy atom. The highest BCUT2D eigenvalue weighted by atomic mass is 19.3. The molecule has 2 fully saturated rings. The molecule has 0 radical (unpaired) electrons. The number of carbonyl (C=O) groups excluding carboxylic acids is 1. The molecular formula is C12H19F2NO2. The highest BCUT2D eigenvalue weighted by molar-refractivity contribution is 5.79. The molecule has 1 aliphatic heterocycles. The number of aliphatic hydroxyl groups excluding tert-OH is 1. The Hall–Kier alpha value is -0.710. The van der Waals surface area contributed by atoms with Gasteiger partial charge in [0, 0.05) is 38.0 Å². The Labute approximate surface area is 99.8 Å². The minimum absolute atomic E-state index is 0.0509. The van der Waals surface area contributed by atoms with E-state index in [4.69, 9.17) is 5.11 Å². The summed E-state index contributed by atoms with van der Waals surface area (Å²) in [5.41, 5.74) is 0. The quantitative estimate of drug-likeness (QED) is 0.826. The van der Waals surface area contributed by atoms with Gasteiger partial charge in [0.2, 0.25) is 11.8 Å². The second kappa shape index (κ2) is 4.88. The van der Waals surface area contributed by atoms with Crippen molar-refractivity contribution in [3.63, 3.8) is 0 Å². The molecule has 2 rings (SSSR count). The fourth-order valence-electron chi connectivity index (χ4n) is 2.97. The summed E-state index contributed by atoms with van der Waals surface area (Å²) in [6.45, 7) is 0.709. The van der Waals surface area contributed by atoms with Gasteiger partial charge in [0.1, 0.15) is 0 Å². The molecule has 1 amide bonds. The number of halogens is 2. The number of rotatable bonds is 3. The van der Waals surface area contributed by atoms with E-state index in [0.29, 0.717) is 19.4 Å². The van der Waals surface area contributed by atoms with Gasteiger partial charge in [0.25, 0.3) is 0 Å². The van der Waals surface area contributed by atoms with Crippen LogP contribution < -0.4 is 0 Å². The lowest BCUT2D eigenvalue weighted by molar-refractivity contribution is -0.137. The van der Waals surface area contributed by atoms with Crippen LogP contribution in [0.2, 0.25) is 0 Å². The van der Waals surface area contributed by atoms with Gasteiger partial charge in [-0.3, -0.25) is 4.79 Å². The van der Waals surface area contributed by atoms with Gasteiger partial charge in [-0.25, -0.2) is 8.78 Å². The summed E-state index contributed by atoms with van der Waals surface area (Å²) < 4.78 is 26.2. The number of hydrogen-bond acceptors (Lipinski definition) is 2. The Morgan fingerprint density at radius 1 is 1.41 bits per heavy atom. The van der Waals surface area contributed by atoms with Crippen molar-refractivity contribution >= 4 is 5.91 Å². The van der Waals surface area contributed by atoms with E-state index in [0.717, 1.165) is 12.8 Å². The van der Waals surface area contributed by atoms with Gasteiger partial charge < -0.3 is 10.0 Å². The number of aliphatic hydroxyl groups is 1. The minimum Gasteiger partial charge on any atom is -0.396 e. The molecule has 98 valence electrons. The van der Waals surface area contributed by atoms with Crippen molar-refractivity contribution in [1.82, 2.24) is 4.90 Å². The molecule has 0 aromatic heterocycles. The van der Waals surface area contributed by atoms with Crippen molar-refractivity contribution in [3.8, 4) is 0 Å². The van der Waals surface area contributed by atoms with Crippen LogP contribution in [0.15, 0.2) is 0 Å². The normalized spacial score (nSPS) is 32.1. The van der Waals surface area contributed by atoms with Gasteiger partial charge in [-0.2, -0.15) is 0 Å². The molecule has 5 heteroatoms. The third-order valence-electron chi connectivity index (χ3n) is 3.88. The third-order valence-corrected chi connectivity index (χ3v) is 3.88. The highest BCUT2D eigenvalue weighted by Gasteiger charge is 2.45. The second-order valence-corrected chi connectivity index (χ2v) is 5.14. The highest BCUT2D eigenvalue weighted by Crippen LogP contribution is 2.40. The zero-order valence-electron chi connectivity index (χ0n) is 9.87. The first-order chi connectivity index (χ1) is 8.03. The monoisotopic (exact) mass is 247 g/mol. The van der Waals surface area contributed by atoms with Crippen molar-refractivity contribution in [1.29, 1.82) is 0 Å². The summed E-state index contributed by atoms with van der Waals surface area (Å²) in [6.07, 6.45) is 2.20. The van der Waals surface area contributed by atoms with E-state index in [2.05, 4.69) is 0 Å². The second-order valence-electron chi connectivity index (χ2n) is 5.14. The van der Waals surface area contributed by atoms with Gasteiger partial charge in [-0.15, -0.1) is 0 Å². The van der Waals surface area contributed by atoms with Crippen molar-refractivity contribution in [2.24, 2.45) is 5.92 Å². The molecule has 2 unspecified atom stereocenters. The van der Waals surface area contributed by atoms with Crippen molar-refractivity contribution in [2.75, 3.05) is 13.2 Å². The lowest BCUT2D eigenvalue weighted by Gasteiger charge is -2.27. The van der Waals surface area contributed by atoms with Gasteiger partial charge in [0.15, 0.2) is 0 Å². The fraction of sp³-hybridized carbons (Fsp3) is 0.917. The predicted octanol–water partition coefficient (Wildman–Crippen LogP) is 1.80. The average molecular weight is 247 g/mol. The summed E-state index contributed by atoms with van der Waals surface area (Å²) in [6, 6.07) is 0.0572. The van der Waals surface area contributed by atoms with Gasteiger partial charge in [0.05, 0.1) is 0 Å². The summed E-state index contributed by atoms with van der Waals surface area (Å²) in [4.78, 5) is 13.8. The largest absolute Gasteiger partial charge is 0.396 e. The molecule has 2 aliphatic rings. The molecule has 0 bridgehead atoms. The first kappa shape index (κ1) is 12.7. The van der Waals surface area contributed by atoms with E-state index in [1.165, 1.54) is 0 Å². The molecular weight excluding hydrogens is 228 g/mol. The van der Waals surface area contributed by atoms with E-state index in [-0.39, 0.29) is 31.4 Å². The molecule has 1 N–H and O–H groups in total. The maximum atomic E-state index is 13.1. The Morgan fingerprint density at radius 3 is 2.76 bits per heavy atom. The maximum Gasteiger partial charge on any atom is 0.248 e. The van der Waals surface area contributed by atoms with E-state index >= 15 is 0 Å². The van der Waals surface area contributed by atoms with Gasteiger partial charge in [-0.1, -0.05) is 0 Å².